The SMILES string of the molecule is CN(C)Cc1ccc(CNC(=O)c2cccn2Cc2ccccc2)cc1F. The summed E-state index contributed by atoms with van der Waals surface area (Å²) in [7, 11) is 3.80. The van der Waals surface area contributed by atoms with E-state index in [1.54, 1.807) is 12.1 Å². The highest BCUT2D eigenvalue weighted by Gasteiger charge is 2.11. The lowest BCUT2D eigenvalue weighted by Crippen LogP contribution is -2.25. The van der Waals surface area contributed by atoms with Gasteiger partial charge in [-0.1, -0.05) is 42.5 Å². The molecule has 0 aliphatic rings. The number of carbonyl (C=O) groups excluding carboxylic acids is 1. The van der Waals surface area contributed by atoms with E-state index in [-0.39, 0.29) is 18.3 Å². The third-order valence-corrected chi connectivity index (χ3v) is 4.32. The van der Waals surface area contributed by atoms with E-state index in [9.17, 15) is 9.18 Å². The highest BCUT2D eigenvalue weighted by atomic mass is 19.1. The van der Waals surface area contributed by atoms with Gasteiger partial charge < -0.3 is 14.8 Å². The molecule has 27 heavy (non-hydrogen) atoms. The maximum atomic E-state index is 14.2. The minimum absolute atomic E-state index is 0.172. The molecular weight excluding hydrogens is 341 g/mol. The van der Waals surface area contributed by atoms with Gasteiger partial charge >= 0.3 is 0 Å². The van der Waals surface area contributed by atoms with Crippen molar-refractivity contribution in [1.82, 2.24) is 14.8 Å². The third kappa shape index (κ3) is 5.05. The van der Waals surface area contributed by atoms with Gasteiger partial charge in [-0.2, -0.15) is 0 Å². The maximum Gasteiger partial charge on any atom is 0.268 e. The number of amides is 1. The first-order valence-corrected chi connectivity index (χ1v) is 8.92. The van der Waals surface area contributed by atoms with Crippen LogP contribution in [0, 0.1) is 5.82 Å². The van der Waals surface area contributed by atoms with E-state index < -0.39 is 0 Å². The highest BCUT2D eigenvalue weighted by Crippen LogP contribution is 2.13. The average molecular weight is 365 g/mol. The van der Waals surface area contributed by atoms with Crippen molar-refractivity contribution in [2.45, 2.75) is 19.6 Å². The van der Waals surface area contributed by atoms with Gasteiger partial charge in [0, 0.05) is 31.4 Å². The van der Waals surface area contributed by atoms with Crippen molar-refractivity contribution in [3.8, 4) is 0 Å². The van der Waals surface area contributed by atoms with Crippen LogP contribution in [0.15, 0.2) is 66.9 Å². The lowest BCUT2D eigenvalue weighted by Gasteiger charge is -2.12. The summed E-state index contributed by atoms with van der Waals surface area (Å²) in [5.74, 6) is -0.420. The molecule has 1 aromatic heterocycles. The Morgan fingerprint density at radius 2 is 1.81 bits per heavy atom. The Bertz CT molecular complexity index is 903. The summed E-state index contributed by atoms with van der Waals surface area (Å²) in [6.07, 6.45) is 1.89. The molecule has 3 rings (SSSR count). The Labute approximate surface area is 159 Å². The summed E-state index contributed by atoms with van der Waals surface area (Å²) in [5, 5.41) is 2.88. The molecule has 5 heteroatoms. The topological polar surface area (TPSA) is 37.3 Å². The lowest BCUT2D eigenvalue weighted by atomic mass is 10.1. The van der Waals surface area contributed by atoms with E-state index in [2.05, 4.69) is 5.32 Å². The summed E-state index contributed by atoms with van der Waals surface area (Å²) < 4.78 is 16.1. The van der Waals surface area contributed by atoms with Gasteiger partial charge in [0.1, 0.15) is 11.5 Å². The normalized spacial score (nSPS) is 11.0. The van der Waals surface area contributed by atoms with Crippen LogP contribution >= 0.6 is 0 Å². The van der Waals surface area contributed by atoms with Gasteiger partial charge in [0.25, 0.3) is 5.91 Å². The number of benzene rings is 2. The van der Waals surface area contributed by atoms with Crippen molar-refractivity contribution in [3.63, 3.8) is 0 Å². The van der Waals surface area contributed by atoms with E-state index in [0.29, 0.717) is 24.3 Å². The van der Waals surface area contributed by atoms with E-state index in [4.69, 9.17) is 0 Å². The van der Waals surface area contributed by atoms with Gasteiger partial charge in [0.05, 0.1) is 0 Å². The van der Waals surface area contributed by atoms with Crippen LogP contribution in [0.1, 0.15) is 27.2 Å². The first kappa shape index (κ1) is 18.9. The third-order valence-electron chi connectivity index (χ3n) is 4.32. The second-order valence-corrected chi connectivity index (χ2v) is 6.85. The van der Waals surface area contributed by atoms with Crippen molar-refractivity contribution in [3.05, 3.63) is 95.1 Å². The minimum Gasteiger partial charge on any atom is -0.347 e. The molecule has 0 aliphatic carbocycles. The van der Waals surface area contributed by atoms with Gasteiger partial charge in [-0.15, -0.1) is 0 Å². The van der Waals surface area contributed by atoms with Crippen LogP contribution in [0.25, 0.3) is 0 Å². The van der Waals surface area contributed by atoms with Crippen LogP contribution in [0.4, 0.5) is 4.39 Å². The molecular formula is C22H24FN3O. The zero-order chi connectivity index (χ0) is 19.2. The predicted octanol–water partition coefficient (Wildman–Crippen LogP) is 3.67. The number of aromatic nitrogens is 1. The first-order valence-electron chi connectivity index (χ1n) is 8.92. The minimum atomic E-state index is -0.247. The van der Waals surface area contributed by atoms with Crippen molar-refractivity contribution >= 4 is 5.91 Å². The van der Waals surface area contributed by atoms with E-state index >= 15 is 0 Å². The Morgan fingerprint density at radius 3 is 2.52 bits per heavy atom. The standard InChI is InChI=1S/C22H24FN3O/c1-25(2)16-19-11-10-18(13-20(19)23)14-24-22(27)21-9-6-12-26(21)15-17-7-4-3-5-8-17/h3-13H,14-16H2,1-2H3,(H,24,27). The van der Waals surface area contributed by atoms with E-state index in [1.165, 1.54) is 6.07 Å². The van der Waals surface area contributed by atoms with E-state index in [1.807, 2.05) is 72.2 Å². The zero-order valence-corrected chi connectivity index (χ0v) is 15.7. The van der Waals surface area contributed by atoms with Crippen LogP contribution in [-0.4, -0.2) is 29.5 Å². The van der Waals surface area contributed by atoms with Gasteiger partial charge in [-0.05, 0) is 43.4 Å². The number of nitrogens with one attached hydrogen (secondary N) is 1. The van der Waals surface area contributed by atoms with Crippen molar-refractivity contribution < 1.29 is 9.18 Å². The number of rotatable bonds is 7. The van der Waals surface area contributed by atoms with Crippen LogP contribution in [0.5, 0.6) is 0 Å². The number of hydrogen-bond acceptors (Lipinski definition) is 2. The largest absolute Gasteiger partial charge is 0.347 e. The summed E-state index contributed by atoms with van der Waals surface area (Å²) >= 11 is 0. The molecule has 0 atom stereocenters. The summed E-state index contributed by atoms with van der Waals surface area (Å²) in [6, 6.07) is 18.7. The molecule has 1 amide bonds. The molecule has 2 aromatic carbocycles. The second-order valence-electron chi connectivity index (χ2n) is 6.85. The van der Waals surface area contributed by atoms with Crippen LogP contribution < -0.4 is 5.32 Å². The highest BCUT2D eigenvalue weighted by molar-refractivity contribution is 5.92. The quantitative estimate of drug-likeness (QED) is 0.694. The molecule has 140 valence electrons. The molecule has 0 radical (unpaired) electrons. The molecule has 0 aliphatic heterocycles. The molecule has 0 unspecified atom stereocenters. The number of hydrogen-bond donors (Lipinski definition) is 1. The number of carbonyl (C=O) groups is 1. The molecule has 1 N–H and O–H groups in total. The molecule has 3 aromatic rings. The molecule has 0 saturated heterocycles. The second kappa shape index (κ2) is 8.64. The fraction of sp³-hybridized carbons (Fsp3) is 0.227. The Kier molecular flexibility index (Phi) is 6.04. The van der Waals surface area contributed by atoms with Gasteiger partial charge in [0.15, 0.2) is 0 Å². The van der Waals surface area contributed by atoms with Crippen molar-refractivity contribution in [2.24, 2.45) is 0 Å². The fourth-order valence-corrected chi connectivity index (χ4v) is 2.98. The van der Waals surface area contributed by atoms with Gasteiger partial charge in [-0.3, -0.25) is 4.79 Å². The molecule has 1 heterocycles. The first-order chi connectivity index (χ1) is 13.0. The molecule has 0 spiro atoms. The number of nitrogens with zero attached hydrogens (tertiary/aromatic N) is 2. The molecule has 4 nitrogen and oxygen atoms in total. The average Bonchev–Trinajstić information content (AvgIpc) is 3.10. The lowest BCUT2D eigenvalue weighted by molar-refractivity contribution is 0.0942. The Morgan fingerprint density at radius 1 is 1.04 bits per heavy atom. The summed E-state index contributed by atoms with van der Waals surface area (Å²) in [5.41, 5.74) is 3.10. The smallest absolute Gasteiger partial charge is 0.268 e. The molecule has 0 fully saturated rings. The van der Waals surface area contributed by atoms with Crippen molar-refractivity contribution in [1.29, 1.82) is 0 Å². The van der Waals surface area contributed by atoms with Gasteiger partial charge in [0.2, 0.25) is 0 Å². The number of halogens is 1. The summed E-state index contributed by atoms with van der Waals surface area (Å²) in [4.78, 5) is 14.5. The van der Waals surface area contributed by atoms with E-state index in [0.717, 1.165) is 11.1 Å². The predicted molar refractivity (Wildman–Crippen MR) is 105 cm³/mol. The van der Waals surface area contributed by atoms with Gasteiger partial charge in [-0.25, -0.2) is 4.39 Å². The van der Waals surface area contributed by atoms with Crippen LogP contribution in [-0.2, 0) is 19.6 Å². The van der Waals surface area contributed by atoms with Crippen molar-refractivity contribution in [2.75, 3.05) is 14.1 Å². The Balaban J connectivity index is 1.63. The molecule has 0 saturated carbocycles. The zero-order valence-electron chi connectivity index (χ0n) is 15.7. The maximum absolute atomic E-state index is 14.2. The fourth-order valence-electron chi connectivity index (χ4n) is 2.98. The molecule has 0 bridgehead atoms. The van der Waals surface area contributed by atoms with Crippen LogP contribution in [0.2, 0.25) is 0 Å². The Hall–Kier alpha value is -2.92. The monoisotopic (exact) mass is 365 g/mol. The van der Waals surface area contributed by atoms with Crippen LogP contribution in [0.3, 0.4) is 0 Å². The summed E-state index contributed by atoms with van der Waals surface area (Å²) in [6.45, 7) is 1.46.